The zero-order valence-electron chi connectivity index (χ0n) is 14.7. The lowest BCUT2D eigenvalue weighted by atomic mass is 10.0. The van der Waals surface area contributed by atoms with Crippen molar-refractivity contribution in [1.82, 2.24) is 4.98 Å². The van der Waals surface area contributed by atoms with Crippen molar-refractivity contribution in [2.45, 2.75) is 26.2 Å². The Morgan fingerprint density at radius 2 is 2.04 bits per heavy atom. The first-order valence-corrected chi connectivity index (χ1v) is 9.02. The van der Waals surface area contributed by atoms with Crippen LogP contribution in [0.5, 0.6) is 5.75 Å². The number of para-hydroxylation sites is 1. The van der Waals surface area contributed by atoms with Gasteiger partial charge in [-0.05, 0) is 49.4 Å². The first-order chi connectivity index (χ1) is 12.6. The van der Waals surface area contributed by atoms with E-state index in [9.17, 15) is 4.79 Å². The molecule has 4 nitrogen and oxygen atoms in total. The highest BCUT2D eigenvalue weighted by molar-refractivity contribution is 6.31. The minimum absolute atomic E-state index is 0.137. The van der Waals surface area contributed by atoms with E-state index < -0.39 is 0 Å². The summed E-state index contributed by atoms with van der Waals surface area (Å²) in [6, 6.07) is 11.4. The van der Waals surface area contributed by atoms with Crippen molar-refractivity contribution in [2.75, 3.05) is 12.4 Å². The van der Waals surface area contributed by atoms with Gasteiger partial charge in [0.2, 0.25) is 0 Å². The van der Waals surface area contributed by atoms with E-state index in [1.165, 1.54) is 0 Å². The number of amides is 1. The zero-order valence-corrected chi connectivity index (χ0v) is 15.5. The van der Waals surface area contributed by atoms with Crippen LogP contribution in [0.2, 0.25) is 5.02 Å². The summed E-state index contributed by atoms with van der Waals surface area (Å²) < 4.78 is 5.39. The van der Waals surface area contributed by atoms with Gasteiger partial charge in [-0.15, -0.1) is 0 Å². The number of rotatable bonds is 3. The lowest BCUT2D eigenvalue weighted by Gasteiger charge is -2.15. The SMILES string of the molecule is COc1cc(Cl)c(C)cc1NC(=O)c1c2c(nc3ccccc13)CCC2. The van der Waals surface area contributed by atoms with Crippen molar-refractivity contribution < 1.29 is 9.53 Å². The second kappa shape index (κ2) is 6.61. The number of nitrogens with one attached hydrogen (secondary N) is 1. The molecule has 0 saturated carbocycles. The summed E-state index contributed by atoms with van der Waals surface area (Å²) in [4.78, 5) is 18.0. The smallest absolute Gasteiger partial charge is 0.256 e. The molecule has 1 N–H and O–H groups in total. The van der Waals surface area contributed by atoms with Crippen LogP contribution in [-0.4, -0.2) is 18.0 Å². The number of methoxy groups -OCH3 is 1. The lowest BCUT2D eigenvalue weighted by molar-refractivity contribution is 0.102. The molecule has 0 spiro atoms. The highest BCUT2D eigenvalue weighted by Gasteiger charge is 2.24. The fraction of sp³-hybridized carbons (Fsp3) is 0.238. The van der Waals surface area contributed by atoms with Crippen molar-refractivity contribution in [1.29, 1.82) is 0 Å². The number of benzene rings is 2. The molecule has 0 aliphatic heterocycles. The average molecular weight is 367 g/mol. The van der Waals surface area contributed by atoms with Gasteiger partial charge < -0.3 is 10.1 Å². The van der Waals surface area contributed by atoms with Gasteiger partial charge in [-0.3, -0.25) is 9.78 Å². The molecule has 2 aromatic carbocycles. The molecule has 1 amide bonds. The van der Waals surface area contributed by atoms with Gasteiger partial charge in [-0.1, -0.05) is 29.8 Å². The van der Waals surface area contributed by atoms with Crippen LogP contribution >= 0.6 is 11.6 Å². The Labute approximate surface area is 157 Å². The van der Waals surface area contributed by atoms with E-state index in [1.807, 2.05) is 37.3 Å². The maximum atomic E-state index is 13.2. The number of hydrogen-bond acceptors (Lipinski definition) is 3. The Bertz CT molecular complexity index is 1030. The van der Waals surface area contributed by atoms with E-state index in [-0.39, 0.29) is 5.91 Å². The number of carbonyl (C=O) groups excluding carboxylic acids is 1. The van der Waals surface area contributed by atoms with Crippen LogP contribution in [0.25, 0.3) is 10.9 Å². The number of aryl methyl sites for hydroxylation is 2. The number of aromatic nitrogens is 1. The Balaban J connectivity index is 1.82. The van der Waals surface area contributed by atoms with Gasteiger partial charge in [0.1, 0.15) is 5.75 Å². The second-order valence-electron chi connectivity index (χ2n) is 6.54. The van der Waals surface area contributed by atoms with Crippen LogP contribution in [0.3, 0.4) is 0 Å². The molecule has 0 saturated heterocycles. The van der Waals surface area contributed by atoms with Crippen LogP contribution in [0.1, 0.15) is 33.6 Å². The number of fused-ring (bicyclic) bond motifs is 2. The summed E-state index contributed by atoms with van der Waals surface area (Å²) in [6.45, 7) is 1.90. The van der Waals surface area contributed by atoms with E-state index in [0.29, 0.717) is 16.5 Å². The molecule has 1 aliphatic carbocycles. The minimum atomic E-state index is -0.137. The molecule has 0 unspecified atom stereocenters. The van der Waals surface area contributed by atoms with Crippen LogP contribution in [-0.2, 0) is 12.8 Å². The fourth-order valence-corrected chi connectivity index (χ4v) is 3.74. The third-order valence-corrected chi connectivity index (χ3v) is 5.28. The normalized spacial score (nSPS) is 12.9. The van der Waals surface area contributed by atoms with Gasteiger partial charge in [-0.2, -0.15) is 0 Å². The number of anilines is 1. The molecular formula is C21H19ClN2O2. The molecule has 0 radical (unpaired) electrons. The largest absolute Gasteiger partial charge is 0.495 e. The Morgan fingerprint density at radius 3 is 2.85 bits per heavy atom. The maximum Gasteiger partial charge on any atom is 0.256 e. The molecule has 3 aromatic rings. The molecule has 1 aromatic heterocycles. The zero-order chi connectivity index (χ0) is 18.3. The predicted molar refractivity (Wildman–Crippen MR) is 104 cm³/mol. The van der Waals surface area contributed by atoms with Crippen molar-refractivity contribution in [3.63, 3.8) is 0 Å². The quantitative estimate of drug-likeness (QED) is 0.713. The number of carbonyl (C=O) groups is 1. The summed E-state index contributed by atoms with van der Waals surface area (Å²) in [5, 5.41) is 4.51. The third-order valence-electron chi connectivity index (χ3n) is 4.88. The van der Waals surface area contributed by atoms with Crippen molar-refractivity contribution in [3.05, 3.63) is 63.8 Å². The topological polar surface area (TPSA) is 51.2 Å². The van der Waals surface area contributed by atoms with Gasteiger partial charge in [-0.25, -0.2) is 0 Å². The van der Waals surface area contributed by atoms with Gasteiger partial charge in [0.15, 0.2) is 0 Å². The Kier molecular flexibility index (Phi) is 4.29. The monoisotopic (exact) mass is 366 g/mol. The number of ether oxygens (including phenoxy) is 1. The molecular weight excluding hydrogens is 348 g/mol. The van der Waals surface area contributed by atoms with Crippen LogP contribution in [0, 0.1) is 6.92 Å². The molecule has 4 rings (SSSR count). The van der Waals surface area contributed by atoms with Gasteiger partial charge in [0, 0.05) is 22.2 Å². The molecule has 26 heavy (non-hydrogen) atoms. The standard InChI is InChI=1S/C21H19ClN2O2/c1-12-10-18(19(26-2)11-15(12)22)24-21(25)20-13-6-3-4-8-16(13)23-17-9-5-7-14(17)20/h3-4,6,8,10-11H,5,7,9H2,1-2H3,(H,24,25). The van der Waals surface area contributed by atoms with Crippen LogP contribution in [0.4, 0.5) is 5.69 Å². The highest BCUT2D eigenvalue weighted by Crippen LogP contribution is 2.34. The van der Waals surface area contributed by atoms with Crippen LogP contribution < -0.4 is 10.1 Å². The van der Waals surface area contributed by atoms with E-state index in [4.69, 9.17) is 21.3 Å². The first-order valence-electron chi connectivity index (χ1n) is 8.64. The number of halogens is 1. The summed E-state index contributed by atoms with van der Waals surface area (Å²) in [6.07, 6.45) is 2.83. The van der Waals surface area contributed by atoms with E-state index >= 15 is 0 Å². The Morgan fingerprint density at radius 1 is 1.23 bits per heavy atom. The van der Waals surface area contributed by atoms with Crippen molar-refractivity contribution >= 4 is 34.1 Å². The minimum Gasteiger partial charge on any atom is -0.495 e. The molecule has 0 atom stereocenters. The third kappa shape index (κ3) is 2.80. The predicted octanol–water partition coefficient (Wildman–Crippen LogP) is 4.95. The highest BCUT2D eigenvalue weighted by atomic mass is 35.5. The van der Waals surface area contributed by atoms with Crippen molar-refractivity contribution in [3.8, 4) is 5.75 Å². The number of nitrogens with zero attached hydrogens (tertiary/aromatic N) is 1. The van der Waals surface area contributed by atoms with E-state index in [2.05, 4.69) is 5.32 Å². The molecule has 0 fully saturated rings. The molecule has 0 bridgehead atoms. The van der Waals surface area contributed by atoms with Crippen molar-refractivity contribution in [2.24, 2.45) is 0 Å². The second-order valence-corrected chi connectivity index (χ2v) is 6.95. The number of hydrogen-bond donors (Lipinski definition) is 1. The summed E-state index contributed by atoms with van der Waals surface area (Å²) in [5.74, 6) is 0.408. The Hall–Kier alpha value is -2.59. The van der Waals surface area contributed by atoms with Gasteiger partial charge in [0.05, 0.1) is 23.9 Å². The average Bonchev–Trinajstić information content (AvgIpc) is 3.10. The van der Waals surface area contributed by atoms with Gasteiger partial charge in [0.25, 0.3) is 5.91 Å². The molecule has 132 valence electrons. The van der Waals surface area contributed by atoms with E-state index in [0.717, 1.165) is 52.5 Å². The summed E-state index contributed by atoms with van der Waals surface area (Å²) >= 11 is 6.17. The molecule has 1 heterocycles. The maximum absolute atomic E-state index is 13.2. The molecule has 1 aliphatic rings. The summed E-state index contributed by atoms with van der Waals surface area (Å²) in [5.41, 5.74) is 5.17. The van der Waals surface area contributed by atoms with E-state index in [1.54, 1.807) is 13.2 Å². The summed E-state index contributed by atoms with van der Waals surface area (Å²) in [7, 11) is 1.57. The number of pyridine rings is 1. The first kappa shape index (κ1) is 16.9. The lowest BCUT2D eigenvalue weighted by Crippen LogP contribution is -2.16. The molecule has 5 heteroatoms. The van der Waals surface area contributed by atoms with Crippen LogP contribution in [0.15, 0.2) is 36.4 Å². The van der Waals surface area contributed by atoms with Gasteiger partial charge >= 0.3 is 0 Å². The fourth-order valence-electron chi connectivity index (χ4n) is 3.58.